The molecule has 24 heavy (non-hydrogen) atoms. The maximum atomic E-state index is 12.6. The van der Waals surface area contributed by atoms with Crippen LogP contribution >= 0.6 is 0 Å². The van der Waals surface area contributed by atoms with Gasteiger partial charge < -0.3 is 14.6 Å². The minimum absolute atomic E-state index is 0.133. The van der Waals surface area contributed by atoms with Crippen LogP contribution in [0.4, 0.5) is 13.2 Å². The third-order valence-corrected chi connectivity index (χ3v) is 3.52. The number of likely N-dealkylation sites (tertiary alicyclic amines) is 1. The summed E-state index contributed by atoms with van der Waals surface area (Å²) in [5, 5.41) is 0. The monoisotopic (exact) mass is 339 g/mol. The van der Waals surface area contributed by atoms with E-state index in [-0.39, 0.29) is 30.4 Å². The summed E-state index contributed by atoms with van der Waals surface area (Å²) in [4.78, 5) is 30.7. The molecule has 0 saturated carbocycles. The fourth-order valence-corrected chi connectivity index (χ4v) is 2.23. The quantitative estimate of drug-likeness (QED) is 0.923. The van der Waals surface area contributed by atoms with Crippen molar-refractivity contribution < 1.29 is 22.7 Å². The van der Waals surface area contributed by atoms with Crippen molar-refractivity contribution in [3.8, 4) is 5.88 Å². The van der Waals surface area contributed by atoms with E-state index in [1.807, 2.05) is 0 Å². The summed E-state index contributed by atoms with van der Waals surface area (Å²) in [5.74, 6) is -0.422. The van der Waals surface area contributed by atoms with Crippen LogP contribution in [0.25, 0.3) is 0 Å². The highest BCUT2D eigenvalue weighted by atomic mass is 19.4. The number of alkyl halides is 3. The first-order valence-corrected chi connectivity index (χ1v) is 7.01. The number of halogens is 3. The zero-order valence-corrected chi connectivity index (χ0v) is 12.2. The van der Waals surface area contributed by atoms with Crippen molar-refractivity contribution in [2.45, 2.75) is 12.3 Å². The van der Waals surface area contributed by atoms with Crippen LogP contribution in [0.2, 0.25) is 0 Å². The number of nitrogens with zero attached hydrogens (tertiary/aromatic N) is 2. The highest BCUT2D eigenvalue weighted by molar-refractivity contribution is 5.94. The number of nitrogens with one attached hydrogen (secondary N) is 1. The van der Waals surface area contributed by atoms with E-state index in [0.29, 0.717) is 5.56 Å². The minimum Gasteiger partial charge on any atom is -0.471 e. The number of amides is 1. The number of rotatable bonds is 3. The number of hydrogen-bond donors (Lipinski definition) is 1. The standard InChI is InChI=1S/C15H12F3N3O3/c16-15(17,18)10-3-4-19-13(5-10)24-11-7-21(8-11)14(23)9-1-2-12(22)20-6-9/h1-6,11H,7-8H2,(H,20,22). The second-order valence-corrected chi connectivity index (χ2v) is 5.27. The number of aromatic amines is 1. The Hall–Kier alpha value is -2.84. The van der Waals surface area contributed by atoms with Gasteiger partial charge in [-0.05, 0) is 12.1 Å². The summed E-state index contributed by atoms with van der Waals surface area (Å²) < 4.78 is 43.2. The first kappa shape index (κ1) is 16.0. The minimum atomic E-state index is -4.47. The molecule has 0 aromatic carbocycles. The van der Waals surface area contributed by atoms with Crippen molar-refractivity contribution in [2.75, 3.05) is 13.1 Å². The molecule has 1 N–H and O–H groups in total. The van der Waals surface area contributed by atoms with Gasteiger partial charge in [0, 0.05) is 24.5 Å². The fraction of sp³-hybridized carbons (Fsp3) is 0.267. The predicted octanol–water partition coefficient (Wildman–Crippen LogP) is 1.69. The van der Waals surface area contributed by atoms with Gasteiger partial charge in [-0.25, -0.2) is 4.98 Å². The molecule has 1 aliphatic rings. The predicted molar refractivity (Wildman–Crippen MR) is 76.6 cm³/mol. The first-order valence-electron chi connectivity index (χ1n) is 7.01. The molecule has 0 atom stereocenters. The molecule has 0 radical (unpaired) electrons. The maximum absolute atomic E-state index is 12.6. The van der Waals surface area contributed by atoms with Crippen molar-refractivity contribution in [3.05, 3.63) is 58.1 Å². The van der Waals surface area contributed by atoms with Crippen LogP contribution in [0.15, 0.2) is 41.5 Å². The summed E-state index contributed by atoms with van der Waals surface area (Å²) in [6.07, 6.45) is -2.55. The second-order valence-electron chi connectivity index (χ2n) is 5.27. The van der Waals surface area contributed by atoms with Crippen LogP contribution in [-0.4, -0.2) is 40.0 Å². The van der Waals surface area contributed by atoms with Gasteiger partial charge in [-0.15, -0.1) is 0 Å². The summed E-state index contributed by atoms with van der Waals surface area (Å²) in [5.41, 5.74) is -0.828. The number of ether oxygens (including phenoxy) is 1. The molecule has 2 aromatic heterocycles. The lowest BCUT2D eigenvalue weighted by atomic mass is 10.1. The van der Waals surface area contributed by atoms with E-state index in [4.69, 9.17) is 4.74 Å². The van der Waals surface area contributed by atoms with Crippen LogP contribution < -0.4 is 10.3 Å². The molecule has 3 rings (SSSR count). The van der Waals surface area contributed by atoms with Crippen molar-refractivity contribution in [2.24, 2.45) is 0 Å². The largest absolute Gasteiger partial charge is 0.471 e. The number of aromatic nitrogens is 2. The van der Waals surface area contributed by atoms with Gasteiger partial charge in [0.1, 0.15) is 6.10 Å². The summed E-state index contributed by atoms with van der Waals surface area (Å²) in [6, 6.07) is 4.34. The Bertz CT molecular complexity index is 793. The van der Waals surface area contributed by atoms with Crippen molar-refractivity contribution in [3.63, 3.8) is 0 Å². The molecule has 1 saturated heterocycles. The molecule has 1 amide bonds. The zero-order chi connectivity index (χ0) is 17.3. The van der Waals surface area contributed by atoms with Crippen LogP contribution in [0.1, 0.15) is 15.9 Å². The third-order valence-electron chi connectivity index (χ3n) is 3.52. The molecule has 2 aromatic rings. The van der Waals surface area contributed by atoms with Crippen LogP contribution in [-0.2, 0) is 6.18 Å². The van der Waals surface area contributed by atoms with E-state index in [1.165, 1.54) is 23.2 Å². The lowest BCUT2D eigenvalue weighted by Gasteiger charge is -2.38. The maximum Gasteiger partial charge on any atom is 0.416 e. The van der Waals surface area contributed by atoms with Crippen LogP contribution in [0.5, 0.6) is 5.88 Å². The van der Waals surface area contributed by atoms with Crippen LogP contribution in [0.3, 0.4) is 0 Å². The van der Waals surface area contributed by atoms with Gasteiger partial charge in [-0.1, -0.05) is 0 Å². The summed E-state index contributed by atoms with van der Waals surface area (Å²) in [6.45, 7) is 0.464. The van der Waals surface area contributed by atoms with Gasteiger partial charge in [0.25, 0.3) is 5.91 Å². The highest BCUT2D eigenvalue weighted by Crippen LogP contribution is 2.31. The molecule has 3 heterocycles. The van der Waals surface area contributed by atoms with Crippen molar-refractivity contribution in [1.29, 1.82) is 0 Å². The Kier molecular flexibility index (Phi) is 4.00. The van der Waals surface area contributed by atoms with E-state index < -0.39 is 17.8 Å². The molecule has 0 unspecified atom stereocenters. The smallest absolute Gasteiger partial charge is 0.416 e. The molecule has 1 aliphatic heterocycles. The second kappa shape index (κ2) is 5.99. The first-order chi connectivity index (χ1) is 11.3. The Balaban J connectivity index is 1.58. The Morgan fingerprint density at radius 2 is 2.04 bits per heavy atom. The average Bonchev–Trinajstić information content (AvgIpc) is 2.50. The van der Waals surface area contributed by atoms with E-state index in [1.54, 1.807) is 0 Å². The highest BCUT2D eigenvalue weighted by Gasteiger charge is 2.34. The molecule has 6 nitrogen and oxygen atoms in total. The Labute approximate surface area is 133 Å². The molecular formula is C15H12F3N3O3. The topological polar surface area (TPSA) is 75.3 Å². The zero-order valence-electron chi connectivity index (χ0n) is 12.2. The molecule has 9 heteroatoms. The Morgan fingerprint density at radius 3 is 2.67 bits per heavy atom. The van der Waals surface area contributed by atoms with Crippen molar-refractivity contribution >= 4 is 5.91 Å². The van der Waals surface area contributed by atoms with E-state index >= 15 is 0 Å². The van der Waals surface area contributed by atoms with Gasteiger partial charge in [-0.3, -0.25) is 9.59 Å². The Morgan fingerprint density at radius 1 is 1.29 bits per heavy atom. The molecule has 1 fully saturated rings. The number of carbonyl (C=O) groups is 1. The normalized spacial score (nSPS) is 15.0. The molecular weight excluding hydrogens is 327 g/mol. The number of hydrogen-bond acceptors (Lipinski definition) is 4. The van der Waals surface area contributed by atoms with Gasteiger partial charge in [0.05, 0.1) is 24.2 Å². The number of carbonyl (C=O) groups excluding carboxylic acids is 1. The van der Waals surface area contributed by atoms with Crippen LogP contribution in [0, 0.1) is 0 Å². The summed E-state index contributed by atoms with van der Waals surface area (Å²) in [7, 11) is 0. The SMILES string of the molecule is O=C(c1ccc(=O)[nH]c1)N1CC(Oc2cc(C(F)(F)F)ccn2)C1. The van der Waals surface area contributed by atoms with Gasteiger partial charge >= 0.3 is 6.18 Å². The lowest BCUT2D eigenvalue weighted by molar-refractivity contribution is -0.137. The third kappa shape index (κ3) is 3.39. The molecule has 0 bridgehead atoms. The summed E-state index contributed by atoms with van der Waals surface area (Å²) >= 11 is 0. The number of pyridine rings is 2. The van der Waals surface area contributed by atoms with Gasteiger partial charge in [-0.2, -0.15) is 13.2 Å². The lowest BCUT2D eigenvalue weighted by Crippen LogP contribution is -2.56. The van der Waals surface area contributed by atoms with E-state index in [9.17, 15) is 22.8 Å². The fourth-order valence-electron chi connectivity index (χ4n) is 2.23. The average molecular weight is 339 g/mol. The molecule has 126 valence electrons. The van der Waals surface area contributed by atoms with Gasteiger partial charge in [0.15, 0.2) is 0 Å². The van der Waals surface area contributed by atoms with E-state index in [2.05, 4.69) is 9.97 Å². The van der Waals surface area contributed by atoms with Gasteiger partial charge in [0.2, 0.25) is 11.4 Å². The van der Waals surface area contributed by atoms with Crippen molar-refractivity contribution in [1.82, 2.24) is 14.9 Å². The molecule has 0 spiro atoms. The van der Waals surface area contributed by atoms with E-state index in [0.717, 1.165) is 18.3 Å². The number of H-pyrrole nitrogens is 1. The molecule has 0 aliphatic carbocycles.